The predicted molar refractivity (Wildman–Crippen MR) is 93.1 cm³/mol. The van der Waals surface area contributed by atoms with Gasteiger partial charge in [0.05, 0.1) is 11.8 Å². The Morgan fingerprint density at radius 3 is 2.96 bits per heavy atom. The molecule has 0 bridgehead atoms. The molecule has 3 aromatic heterocycles. The van der Waals surface area contributed by atoms with E-state index in [0.29, 0.717) is 36.2 Å². The number of nitrogens with zero attached hydrogens (tertiary/aromatic N) is 6. The fourth-order valence-corrected chi connectivity index (χ4v) is 3.34. The average molecular weight is 352 g/mol. The van der Waals surface area contributed by atoms with Gasteiger partial charge in [-0.05, 0) is 30.9 Å². The van der Waals surface area contributed by atoms with Crippen LogP contribution in [0.15, 0.2) is 41.4 Å². The smallest absolute Gasteiger partial charge is 0.258 e. The lowest BCUT2D eigenvalue weighted by atomic mass is 9.94. The first-order chi connectivity index (χ1) is 12.7. The van der Waals surface area contributed by atoms with Gasteiger partial charge < -0.3 is 9.42 Å². The highest BCUT2D eigenvalue weighted by Crippen LogP contribution is 2.23. The number of piperidine rings is 1. The molecule has 4 heterocycles. The topological polar surface area (TPSA) is 89.9 Å². The van der Waals surface area contributed by atoms with Crippen LogP contribution in [0.2, 0.25) is 0 Å². The van der Waals surface area contributed by atoms with E-state index in [1.807, 2.05) is 24.1 Å². The standard InChI is InChI=1S/C18H20N6O2/c1-23-12-15(10-20-23)18(25)24-8-2-3-13(11-24)9-16-21-17(26-22-16)14-4-6-19-7-5-14/h4-7,10,12-13H,2-3,8-9,11H2,1H3. The molecule has 134 valence electrons. The average Bonchev–Trinajstić information content (AvgIpc) is 3.31. The Kier molecular flexibility index (Phi) is 4.47. The Hall–Kier alpha value is -3.03. The lowest BCUT2D eigenvalue weighted by Crippen LogP contribution is -2.40. The largest absolute Gasteiger partial charge is 0.338 e. The maximum Gasteiger partial charge on any atom is 0.258 e. The zero-order valence-corrected chi connectivity index (χ0v) is 14.6. The van der Waals surface area contributed by atoms with Crippen molar-refractivity contribution in [1.29, 1.82) is 0 Å². The number of rotatable bonds is 4. The van der Waals surface area contributed by atoms with Crippen LogP contribution in [0.4, 0.5) is 0 Å². The number of carbonyl (C=O) groups excluding carboxylic acids is 1. The number of hydrogen-bond acceptors (Lipinski definition) is 6. The van der Waals surface area contributed by atoms with Crippen LogP contribution in [0, 0.1) is 5.92 Å². The zero-order chi connectivity index (χ0) is 17.9. The van der Waals surface area contributed by atoms with E-state index in [2.05, 4.69) is 20.2 Å². The Labute approximate surface area is 150 Å². The van der Waals surface area contributed by atoms with Crippen LogP contribution in [0.5, 0.6) is 0 Å². The van der Waals surface area contributed by atoms with Crippen LogP contribution < -0.4 is 0 Å². The molecule has 1 saturated heterocycles. The van der Waals surface area contributed by atoms with Crippen molar-refractivity contribution in [1.82, 2.24) is 29.8 Å². The summed E-state index contributed by atoms with van der Waals surface area (Å²) in [6.07, 6.45) is 9.50. The molecule has 0 radical (unpaired) electrons. The molecule has 1 aliphatic heterocycles. The van der Waals surface area contributed by atoms with Gasteiger partial charge in [-0.25, -0.2) is 0 Å². The van der Waals surface area contributed by atoms with Gasteiger partial charge in [0, 0.05) is 50.7 Å². The van der Waals surface area contributed by atoms with Gasteiger partial charge in [-0.3, -0.25) is 14.5 Å². The summed E-state index contributed by atoms with van der Waals surface area (Å²) in [5.74, 6) is 1.54. The van der Waals surface area contributed by atoms with E-state index in [1.165, 1.54) is 0 Å². The minimum atomic E-state index is 0.0355. The Morgan fingerprint density at radius 1 is 1.35 bits per heavy atom. The van der Waals surface area contributed by atoms with Crippen LogP contribution in [0.3, 0.4) is 0 Å². The highest BCUT2D eigenvalue weighted by atomic mass is 16.5. The Balaban J connectivity index is 1.41. The van der Waals surface area contributed by atoms with E-state index < -0.39 is 0 Å². The fraction of sp³-hybridized carbons (Fsp3) is 0.389. The van der Waals surface area contributed by atoms with Gasteiger partial charge in [0.25, 0.3) is 11.8 Å². The molecule has 0 aromatic carbocycles. The SMILES string of the molecule is Cn1cc(C(=O)N2CCCC(Cc3noc(-c4ccncc4)n3)C2)cn1. The second-order valence-electron chi connectivity index (χ2n) is 6.62. The normalized spacial score (nSPS) is 17.4. The molecule has 8 heteroatoms. The molecule has 0 saturated carbocycles. The van der Waals surface area contributed by atoms with E-state index in [-0.39, 0.29) is 5.91 Å². The van der Waals surface area contributed by atoms with Crippen molar-refractivity contribution < 1.29 is 9.32 Å². The summed E-state index contributed by atoms with van der Waals surface area (Å²) in [4.78, 5) is 23.0. The summed E-state index contributed by atoms with van der Waals surface area (Å²) in [6, 6.07) is 3.68. The molecule has 4 rings (SSSR count). The third kappa shape index (κ3) is 3.49. The Morgan fingerprint density at radius 2 is 2.19 bits per heavy atom. The third-order valence-electron chi connectivity index (χ3n) is 4.62. The van der Waals surface area contributed by atoms with Crippen molar-refractivity contribution in [3.05, 3.63) is 48.3 Å². The number of hydrogen-bond donors (Lipinski definition) is 0. The second kappa shape index (κ2) is 7.07. The van der Waals surface area contributed by atoms with E-state index in [4.69, 9.17) is 4.52 Å². The van der Waals surface area contributed by atoms with Crippen molar-refractivity contribution in [2.45, 2.75) is 19.3 Å². The maximum absolute atomic E-state index is 12.6. The van der Waals surface area contributed by atoms with Gasteiger partial charge in [-0.2, -0.15) is 10.1 Å². The van der Waals surface area contributed by atoms with Crippen LogP contribution in [0.1, 0.15) is 29.0 Å². The second-order valence-corrected chi connectivity index (χ2v) is 6.62. The fourth-order valence-electron chi connectivity index (χ4n) is 3.34. The van der Waals surface area contributed by atoms with Crippen molar-refractivity contribution in [2.24, 2.45) is 13.0 Å². The summed E-state index contributed by atoms with van der Waals surface area (Å²) >= 11 is 0. The van der Waals surface area contributed by atoms with Crippen LogP contribution in [-0.4, -0.2) is 48.8 Å². The van der Waals surface area contributed by atoms with Gasteiger partial charge in [0.2, 0.25) is 0 Å². The molecule has 1 aliphatic rings. The van der Waals surface area contributed by atoms with E-state index in [0.717, 1.165) is 24.9 Å². The molecular formula is C18H20N6O2. The molecular weight excluding hydrogens is 332 g/mol. The highest BCUT2D eigenvalue weighted by Gasteiger charge is 2.26. The molecule has 1 atom stereocenters. The number of aromatic nitrogens is 5. The number of carbonyl (C=O) groups is 1. The van der Waals surface area contributed by atoms with Gasteiger partial charge >= 0.3 is 0 Å². The summed E-state index contributed by atoms with van der Waals surface area (Å²) in [5.41, 5.74) is 1.49. The lowest BCUT2D eigenvalue weighted by Gasteiger charge is -2.32. The number of likely N-dealkylation sites (tertiary alicyclic amines) is 1. The molecule has 1 unspecified atom stereocenters. The molecule has 8 nitrogen and oxygen atoms in total. The van der Waals surface area contributed by atoms with Crippen molar-refractivity contribution in [3.8, 4) is 11.5 Å². The monoisotopic (exact) mass is 352 g/mol. The lowest BCUT2D eigenvalue weighted by molar-refractivity contribution is 0.0672. The minimum absolute atomic E-state index is 0.0355. The van der Waals surface area contributed by atoms with Gasteiger partial charge in [-0.1, -0.05) is 5.16 Å². The van der Waals surface area contributed by atoms with Gasteiger partial charge in [0.1, 0.15) is 0 Å². The predicted octanol–water partition coefficient (Wildman–Crippen LogP) is 1.96. The molecule has 0 spiro atoms. The van der Waals surface area contributed by atoms with Gasteiger partial charge in [0.15, 0.2) is 5.82 Å². The summed E-state index contributed by atoms with van der Waals surface area (Å²) in [6.45, 7) is 1.48. The molecule has 0 aliphatic carbocycles. The molecule has 1 fully saturated rings. The van der Waals surface area contributed by atoms with Crippen molar-refractivity contribution in [3.63, 3.8) is 0 Å². The summed E-state index contributed by atoms with van der Waals surface area (Å²) < 4.78 is 7.01. The maximum atomic E-state index is 12.6. The first-order valence-electron chi connectivity index (χ1n) is 8.70. The Bertz CT molecular complexity index is 888. The van der Waals surface area contributed by atoms with Crippen LogP contribution in [0.25, 0.3) is 11.5 Å². The molecule has 1 amide bonds. The van der Waals surface area contributed by atoms with Crippen molar-refractivity contribution in [2.75, 3.05) is 13.1 Å². The van der Waals surface area contributed by atoms with Crippen LogP contribution >= 0.6 is 0 Å². The van der Waals surface area contributed by atoms with E-state index in [1.54, 1.807) is 29.5 Å². The van der Waals surface area contributed by atoms with E-state index in [9.17, 15) is 4.79 Å². The first-order valence-corrected chi connectivity index (χ1v) is 8.70. The zero-order valence-electron chi connectivity index (χ0n) is 14.6. The van der Waals surface area contributed by atoms with Gasteiger partial charge in [-0.15, -0.1) is 0 Å². The van der Waals surface area contributed by atoms with Crippen molar-refractivity contribution >= 4 is 5.91 Å². The molecule has 0 N–H and O–H groups in total. The van der Waals surface area contributed by atoms with Crippen LogP contribution in [-0.2, 0) is 13.5 Å². The minimum Gasteiger partial charge on any atom is -0.338 e. The molecule has 3 aromatic rings. The number of aryl methyl sites for hydroxylation is 1. The highest BCUT2D eigenvalue weighted by molar-refractivity contribution is 5.93. The quantitative estimate of drug-likeness (QED) is 0.713. The first kappa shape index (κ1) is 16.4. The number of pyridine rings is 1. The summed E-state index contributed by atoms with van der Waals surface area (Å²) in [7, 11) is 1.81. The summed E-state index contributed by atoms with van der Waals surface area (Å²) in [5, 5.41) is 8.18. The molecule has 26 heavy (non-hydrogen) atoms. The van der Waals surface area contributed by atoms with E-state index >= 15 is 0 Å². The third-order valence-corrected chi connectivity index (χ3v) is 4.62. The number of amides is 1.